The van der Waals surface area contributed by atoms with E-state index in [0.29, 0.717) is 12.0 Å². The minimum absolute atomic E-state index is 0.340. The molecule has 0 saturated carbocycles. The number of aromatic nitrogens is 2. The summed E-state index contributed by atoms with van der Waals surface area (Å²) in [5.74, 6) is 0.542. The maximum Gasteiger partial charge on any atom is 0.0995 e. The Balaban J connectivity index is 2.20. The van der Waals surface area contributed by atoms with Crippen molar-refractivity contribution in [3.05, 3.63) is 42.0 Å². The van der Waals surface area contributed by atoms with Gasteiger partial charge in [-0.05, 0) is 30.5 Å². The molecule has 1 aliphatic heterocycles. The van der Waals surface area contributed by atoms with Gasteiger partial charge in [-0.15, -0.1) is 0 Å². The van der Waals surface area contributed by atoms with Crippen LogP contribution in [-0.4, -0.2) is 9.55 Å². The lowest BCUT2D eigenvalue weighted by Gasteiger charge is -2.31. The topological polar surface area (TPSA) is 29.9 Å². The number of aryl methyl sites for hydroxylation is 1. The van der Waals surface area contributed by atoms with Crippen LogP contribution in [0.15, 0.2) is 30.7 Å². The molecule has 0 bridgehead atoms. The third-order valence-electron chi connectivity index (χ3n) is 3.38. The quantitative estimate of drug-likeness (QED) is 0.810. The molecule has 2 aromatic rings. The molecule has 1 aromatic carbocycles. The zero-order valence-corrected chi connectivity index (χ0v) is 10.4. The third kappa shape index (κ3) is 1.54. The molecule has 0 spiro atoms. The summed E-state index contributed by atoms with van der Waals surface area (Å²) >= 11 is 0. The lowest BCUT2D eigenvalue weighted by Crippen LogP contribution is -2.24. The second kappa shape index (κ2) is 3.62. The van der Waals surface area contributed by atoms with E-state index in [1.54, 1.807) is 0 Å². The summed E-state index contributed by atoms with van der Waals surface area (Å²) in [6, 6.07) is 6.84. The SMILES string of the molecule is Cc1ccc2c(c1)-n1cncc1[C@H](C(C)C)N2. The van der Waals surface area contributed by atoms with Gasteiger partial charge in [0.2, 0.25) is 0 Å². The maximum absolute atomic E-state index is 4.29. The van der Waals surface area contributed by atoms with Gasteiger partial charge < -0.3 is 5.32 Å². The van der Waals surface area contributed by atoms with Crippen molar-refractivity contribution in [2.45, 2.75) is 26.8 Å². The smallest absolute Gasteiger partial charge is 0.0995 e. The zero-order valence-electron chi connectivity index (χ0n) is 10.4. The maximum atomic E-state index is 4.29. The standard InChI is InChI=1S/C14H17N3/c1-9(2)14-13-7-15-8-17(13)12-6-10(3)4-5-11(12)16-14/h4-9,14,16H,1-3H3/t14-/m0/s1. The summed E-state index contributed by atoms with van der Waals surface area (Å²) in [7, 11) is 0. The van der Waals surface area contributed by atoms with Gasteiger partial charge in [-0.3, -0.25) is 4.57 Å². The van der Waals surface area contributed by atoms with Crippen molar-refractivity contribution in [2.24, 2.45) is 5.92 Å². The van der Waals surface area contributed by atoms with Gasteiger partial charge in [0.15, 0.2) is 0 Å². The summed E-state index contributed by atoms with van der Waals surface area (Å²) in [4.78, 5) is 4.29. The van der Waals surface area contributed by atoms with Gasteiger partial charge >= 0.3 is 0 Å². The molecule has 3 nitrogen and oxygen atoms in total. The molecule has 0 unspecified atom stereocenters. The molecule has 2 heterocycles. The number of nitrogens with one attached hydrogen (secondary N) is 1. The predicted molar refractivity (Wildman–Crippen MR) is 69.5 cm³/mol. The number of hydrogen-bond donors (Lipinski definition) is 1. The van der Waals surface area contributed by atoms with Crippen LogP contribution in [-0.2, 0) is 0 Å². The van der Waals surface area contributed by atoms with E-state index in [-0.39, 0.29) is 0 Å². The van der Waals surface area contributed by atoms with Gasteiger partial charge in [0.1, 0.15) is 0 Å². The fraction of sp³-hybridized carbons (Fsp3) is 0.357. The van der Waals surface area contributed by atoms with E-state index < -0.39 is 0 Å². The van der Waals surface area contributed by atoms with E-state index in [0.717, 1.165) is 0 Å². The number of anilines is 1. The second-order valence-corrected chi connectivity index (χ2v) is 5.08. The summed E-state index contributed by atoms with van der Waals surface area (Å²) in [5, 5.41) is 3.61. The largest absolute Gasteiger partial charge is 0.375 e. The molecular formula is C14H17N3. The number of imidazole rings is 1. The van der Waals surface area contributed by atoms with Crippen LogP contribution in [0.3, 0.4) is 0 Å². The molecule has 1 aliphatic rings. The molecule has 3 heteroatoms. The Kier molecular flexibility index (Phi) is 2.21. The second-order valence-electron chi connectivity index (χ2n) is 5.08. The van der Waals surface area contributed by atoms with Crippen LogP contribution >= 0.6 is 0 Å². The van der Waals surface area contributed by atoms with Crippen molar-refractivity contribution in [1.29, 1.82) is 0 Å². The average Bonchev–Trinajstić information content (AvgIpc) is 2.76. The molecule has 1 N–H and O–H groups in total. The molecule has 1 atom stereocenters. The Morgan fingerprint density at radius 3 is 2.94 bits per heavy atom. The highest BCUT2D eigenvalue weighted by molar-refractivity contribution is 5.66. The van der Waals surface area contributed by atoms with Crippen molar-refractivity contribution >= 4 is 5.69 Å². The van der Waals surface area contributed by atoms with E-state index in [2.05, 4.69) is 53.8 Å². The summed E-state index contributed by atoms with van der Waals surface area (Å²) < 4.78 is 2.20. The molecule has 17 heavy (non-hydrogen) atoms. The average molecular weight is 227 g/mol. The van der Waals surface area contributed by atoms with Crippen molar-refractivity contribution in [1.82, 2.24) is 9.55 Å². The fourth-order valence-corrected chi connectivity index (χ4v) is 2.45. The lowest BCUT2D eigenvalue weighted by molar-refractivity contribution is 0.520. The van der Waals surface area contributed by atoms with E-state index in [4.69, 9.17) is 0 Å². The fourth-order valence-electron chi connectivity index (χ4n) is 2.45. The van der Waals surface area contributed by atoms with Crippen molar-refractivity contribution < 1.29 is 0 Å². The molecule has 0 fully saturated rings. The lowest BCUT2D eigenvalue weighted by atomic mass is 9.98. The first-order chi connectivity index (χ1) is 8.16. The van der Waals surface area contributed by atoms with Crippen LogP contribution in [0.4, 0.5) is 5.69 Å². The van der Waals surface area contributed by atoms with Crippen molar-refractivity contribution in [3.8, 4) is 5.69 Å². The summed E-state index contributed by atoms with van der Waals surface area (Å²) in [6.07, 6.45) is 3.87. The molecule has 0 amide bonds. The van der Waals surface area contributed by atoms with Crippen molar-refractivity contribution in [2.75, 3.05) is 5.32 Å². The first-order valence-corrected chi connectivity index (χ1v) is 6.06. The zero-order chi connectivity index (χ0) is 12.0. The van der Waals surface area contributed by atoms with Crippen LogP contribution in [0, 0.1) is 12.8 Å². The number of hydrogen-bond acceptors (Lipinski definition) is 2. The monoisotopic (exact) mass is 227 g/mol. The number of benzene rings is 1. The van der Waals surface area contributed by atoms with Crippen LogP contribution in [0.25, 0.3) is 5.69 Å². The molecule has 0 aliphatic carbocycles. The van der Waals surface area contributed by atoms with Gasteiger partial charge in [0, 0.05) is 0 Å². The molecule has 0 radical (unpaired) electrons. The summed E-state index contributed by atoms with van der Waals surface area (Å²) in [6.45, 7) is 6.58. The highest BCUT2D eigenvalue weighted by Gasteiger charge is 2.26. The van der Waals surface area contributed by atoms with Gasteiger partial charge in [0.25, 0.3) is 0 Å². The van der Waals surface area contributed by atoms with E-state index in [9.17, 15) is 0 Å². The predicted octanol–water partition coefficient (Wildman–Crippen LogP) is 3.30. The van der Waals surface area contributed by atoms with Crippen LogP contribution in [0.2, 0.25) is 0 Å². The molecule has 1 aromatic heterocycles. The Hall–Kier alpha value is -1.77. The van der Waals surface area contributed by atoms with Crippen LogP contribution in [0.1, 0.15) is 31.1 Å². The van der Waals surface area contributed by atoms with Crippen LogP contribution < -0.4 is 5.32 Å². The number of rotatable bonds is 1. The van der Waals surface area contributed by atoms with Gasteiger partial charge in [-0.1, -0.05) is 19.9 Å². The Morgan fingerprint density at radius 2 is 2.18 bits per heavy atom. The number of fused-ring (bicyclic) bond motifs is 3. The normalized spacial score (nSPS) is 17.5. The minimum Gasteiger partial charge on any atom is -0.375 e. The minimum atomic E-state index is 0.340. The van der Waals surface area contributed by atoms with Gasteiger partial charge in [-0.25, -0.2) is 4.98 Å². The Labute approximate surface area is 101 Å². The summed E-state index contributed by atoms with van der Waals surface area (Å²) in [5.41, 5.74) is 4.92. The molecule has 3 rings (SSSR count). The molecular weight excluding hydrogens is 210 g/mol. The molecule has 88 valence electrons. The third-order valence-corrected chi connectivity index (χ3v) is 3.38. The first-order valence-electron chi connectivity index (χ1n) is 6.06. The number of nitrogens with zero attached hydrogens (tertiary/aromatic N) is 2. The van der Waals surface area contributed by atoms with E-state index in [1.807, 2.05) is 12.5 Å². The first kappa shape index (κ1) is 10.4. The van der Waals surface area contributed by atoms with Crippen LogP contribution in [0.5, 0.6) is 0 Å². The molecule has 0 saturated heterocycles. The van der Waals surface area contributed by atoms with Gasteiger partial charge in [0.05, 0.1) is 35.6 Å². The van der Waals surface area contributed by atoms with E-state index >= 15 is 0 Å². The van der Waals surface area contributed by atoms with E-state index in [1.165, 1.54) is 22.6 Å². The Bertz CT molecular complexity index is 554. The highest BCUT2D eigenvalue weighted by atomic mass is 15.1. The highest BCUT2D eigenvalue weighted by Crippen LogP contribution is 2.36. The van der Waals surface area contributed by atoms with Crippen molar-refractivity contribution in [3.63, 3.8) is 0 Å². The Morgan fingerprint density at radius 1 is 1.35 bits per heavy atom. The van der Waals surface area contributed by atoms with Gasteiger partial charge in [-0.2, -0.15) is 0 Å².